The lowest BCUT2D eigenvalue weighted by Gasteiger charge is -2.20. The number of benzene rings is 5. The summed E-state index contributed by atoms with van der Waals surface area (Å²) in [6.45, 7) is 21.5. The number of rotatable bonds is 10. The molecule has 0 saturated heterocycles. The van der Waals surface area contributed by atoms with Crippen LogP contribution in [0.4, 0.5) is 0 Å². The molecule has 5 aromatic carbocycles. The van der Waals surface area contributed by atoms with Gasteiger partial charge in [-0.1, -0.05) is 147 Å². The highest BCUT2D eigenvalue weighted by Gasteiger charge is 2.33. The lowest BCUT2D eigenvalue weighted by atomic mass is 9.92. The van der Waals surface area contributed by atoms with Gasteiger partial charge >= 0.3 is 6.01 Å². The van der Waals surface area contributed by atoms with Crippen molar-refractivity contribution in [3.05, 3.63) is 132 Å². The number of fused-ring (bicyclic) bond motifs is 2. The van der Waals surface area contributed by atoms with Crippen LogP contribution >= 0.6 is 0 Å². The van der Waals surface area contributed by atoms with Crippen molar-refractivity contribution in [2.24, 2.45) is 0 Å². The van der Waals surface area contributed by atoms with Crippen LogP contribution in [0.15, 0.2) is 114 Å². The fourth-order valence-corrected chi connectivity index (χ4v) is 8.17. The van der Waals surface area contributed by atoms with Gasteiger partial charge in [0.25, 0.3) is 0 Å². The Labute approximate surface area is 303 Å². The third kappa shape index (κ3) is 6.36. The molecule has 0 aliphatic heterocycles. The Morgan fingerprint density at radius 3 is 1.48 bits per heavy atom. The zero-order chi connectivity index (χ0) is 35.2. The molecule has 5 nitrogen and oxygen atoms in total. The van der Waals surface area contributed by atoms with Gasteiger partial charge in [0.05, 0.1) is 4.90 Å². The van der Waals surface area contributed by atoms with E-state index in [0.717, 1.165) is 16.8 Å². The summed E-state index contributed by atoms with van der Waals surface area (Å²) >= 11 is 0. The van der Waals surface area contributed by atoms with Crippen molar-refractivity contribution >= 4 is 31.4 Å². The fraction of sp³-hybridized carbons (Fsp3) is 0.279. The van der Waals surface area contributed by atoms with Gasteiger partial charge in [-0.05, 0) is 23.7 Å². The van der Waals surface area contributed by atoms with Gasteiger partial charge in [-0.25, -0.2) is 8.42 Å². The first-order valence-electron chi connectivity index (χ1n) is 17.3. The van der Waals surface area contributed by atoms with Gasteiger partial charge in [0, 0.05) is 49.2 Å². The summed E-state index contributed by atoms with van der Waals surface area (Å²) in [6, 6.07) is 29.0. The van der Waals surface area contributed by atoms with E-state index >= 15 is 0 Å². The highest BCUT2D eigenvalue weighted by Crippen LogP contribution is 2.44. The van der Waals surface area contributed by atoms with Crippen molar-refractivity contribution in [2.45, 2.75) is 84.0 Å². The van der Waals surface area contributed by atoms with E-state index in [2.05, 4.69) is 120 Å². The van der Waals surface area contributed by atoms with E-state index in [4.69, 9.17) is 4.74 Å². The molecule has 0 radical (unpaired) electrons. The molecular formula is C43H47ClN2O3S. The molecule has 0 atom stereocenters. The van der Waals surface area contributed by atoms with Gasteiger partial charge < -0.3 is 17.1 Å². The molecule has 0 N–H and O–H groups in total. The molecule has 0 bridgehead atoms. The number of hydrogen-bond acceptors (Lipinski definition) is 3. The molecule has 0 saturated carbocycles. The van der Waals surface area contributed by atoms with E-state index < -0.39 is 9.84 Å². The Hall–Kier alpha value is -4.39. The molecule has 0 fully saturated rings. The van der Waals surface area contributed by atoms with E-state index in [1.54, 1.807) is 0 Å². The van der Waals surface area contributed by atoms with Crippen LogP contribution < -0.4 is 21.7 Å². The van der Waals surface area contributed by atoms with Gasteiger partial charge in [0.2, 0.25) is 0 Å². The van der Waals surface area contributed by atoms with Crippen molar-refractivity contribution in [2.75, 3.05) is 0 Å². The molecule has 6 aromatic rings. The van der Waals surface area contributed by atoms with Crippen molar-refractivity contribution in [3.63, 3.8) is 0 Å². The van der Waals surface area contributed by atoms with Gasteiger partial charge in [0.15, 0.2) is 15.6 Å². The summed E-state index contributed by atoms with van der Waals surface area (Å²) in [5.41, 5.74) is 7.11. The first kappa shape index (κ1) is 36.9. The van der Waals surface area contributed by atoms with Crippen LogP contribution in [-0.4, -0.2) is 13.0 Å². The smallest absolute Gasteiger partial charge is 0.472 e. The minimum atomic E-state index is -3.80. The highest BCUT2D eigenvalue weighted by atomic mass is 35.5. The standard InChI is InChI=1S/C43H47N2O3S.ClH/c1-10-49(46,47)42-37-19-13-11-17-35(37)41(36-18-12-14-20-38(36)42)48-43-44(39-31(27(2)3)21-15-22-32(39)28(4)5)25-26-45(43)40-33(29(6)7)23-16-24-34(40)30(8)9;/h10-30H,1H2,2-9H3;1H/q+1;/p-1. The zero-order valence-corrected chi connectivity index (χ0v) is 31.8. The number of hydrogen-bond donors (Lipinski definition) is 0. The normalized spacial score (nSPS) is 12.0. The number of nitrogens with zero attached hydrogens (tertiary/aromatic N) is 2. The number of aromatic nitrogens is 2. The Balaban J connectivity index is 0.00000486. The van der Waals surface area contributed by atoms with E-state index in [9.17, 15) is 8.42 Å². The number of imidazole rings is 1. The Morgan fingerprint density at radius 2 is 1.06 bits per heavy atom. The molecular weight excluding hydrogens is 660 g/mol. The van der Waals surface area contributed by atoms with Gasteiger partial charge in [-0.2, -0.15) is 9.13 Å². The second-order valence-electron chi connectivity index (χ2n) is 14.1. The minimum Gasteiger partial charge on any atom is -1.00 e. The molecule has 1 heterocycles. The third-order valence-electron chi connectivity index (χ3n) is 9.47. The second kappa shape index (κ2) is 14.5. The number of sulfone groups is 1. The van der Waals surface area contributed by atoms with Crippen LogP contribution in [0.5, 0.6) is 11.8 Å². The Morgan fingerprint density at radius 1 is 0.640 bits per heavy atom. The zero-order valence-electron chi connectivity index (χ0n) is 30.2. The number of halogens is 1. The van der Waals surface area contributed by atoms with Crippen LogP contribution in [0.2, 0.25) is 0 Å². The molecule has 0 unspecified atom stereocenters. The maximum Gasteiger partial charge on any atom is 0.472 e. The second-order valence-corrected chi connectivity index (χ2v) is 15.9. The largest absolute Gasteiger partial charge is 1.00 e. The van der Waals surface area contributed by atoms with Crippen LogP contribution in [0.25, 0.3) is 32.9 Å². The van der Waals surface area contributed by atoms with Crippen molar-refractivity contribution in [1.29, 1.82) is 0 Å². The summed E-state index contributed by atoms with van der Waals surface area (Å²) in [6.07, 6.45) is 4.23. The maximum atomic E-state index is 13.6. The predicted molar refractivity (Wildman–Crippen MR) is 203 cm³/mol. The van der Waals surface area contributed by atoms with Crippen LogP contribution in [0.1, 0.15) is 101 Å². The summed E-state index contributed by atoms with van der Waals surface area (Å²) in [5, 5.41) is 3.65. The van der Waals surface area contributed by atoms with Gasteiger partial charge in [-0.15, -0.1) is 0 Å². The molecule has 7 heteroatoms. The molecule has 50 heavy (non-hydrogen) atoms. The van der Waals surface area contributed by atoms with E-state index in [-0.39, 0.29) is 41.0 Å². The first-order chi connectivity index (χ1) is 23.4. The molecule has 0 aliphatic rings. The predicted octanol–water partition coefficient (Wildman–Crippen LogP) is 8.27. The number of para-hydroxylation sites is 2. The first-order valence-corrected chi connectivity index (χ1v) is 18.8. The SMILES string of the molecule is C=CS(=O)(=O)c1c2ccccc2c(Oc2n(-c3c(C(C)C)cccc3C(C)C)cc[n+]2-c2c(C(C)C)cccc2C(C)C)c2ccccc12.[Cl-]. The summed E-state index contributed by atoms with van der Waals surface area (Å²) in [5.74, 6) is 1.64. The molecule has 6 rings (SSSR count). The lowest BCUT2D eigenvalue weighted by Crippen LogP contribution is -3.00. The number of ether oxygens (including phenoxy) is 1. The molecule has 0 amide bonds. The monoisotopic (exact) mass is 706 g/mol. The summed E-state index contributed by atoms with van der Waals surface area (Å²) < 4.78 is 38.9. The summed E-state index contributed by atoms with van der Waals surface area (Å²) in [4.78, 5) is 0.240. The topological polar surface area (TPSA) is 52.2 Å². The minimum absolute atomic E-state index is 0. The third-order valence-corrected chi connectivity index (χ3v) is 10.9. The summed E-state index contributed by atoms with van der Waals surface area (Å²) in [7, 11) is -3.80. The van der Waals surface area contributed by atoms with Gasteiger partial charge in [0.1, 0.15) is 23.8 Å². The maximum absolute atomic E-state index is 13.6. The highest BCUT2D eigenvalue weighted by molar-refractivity contribution is 7.94. The van der Waals surface area contributed by atoms with Crippen molar-refractivity contribution in [3.8, 4) is 23.1 Å². The quantitative estimate of drug-likeness (QED) is 0.107. The fourth-order valence-electron chi connectivity index (χ4n) is 7.04. The van der Waals surface area contributed by atoms with Crippen LogP contribution in [0, 0.1) is 0 Å². The van der Waals surface area contributed by atoms with Crippen molar-refractivity contribution < 1.29 is 30.1 Å². The Bertz CT molecular complexity index is 2130. The lowest BCUT2D eigenvalue weighted by molar-refractivity contribution is -0.602. The van der Waals surface area contributed by atoms with E-state index in [1.165, 1.54) is 22.3 Å². The average Bonchev–Trinajstić information content (AvgIpc) is 3.49. The van der Waals surface area contributed by atoms with Crippen molar-refractivity contribution in [1.82, 2.24) is 4.57 Å². The molecule has 1 aromatic heterocycles. The van der Waals surface area contributed by atoms with Crippen LogP contribution in [0.3, 0.4) is 0 Å². The van der Waals surface area contributed by atoms with E-state index in [0.29, 0.717) is 33.3 Å². The molecule has 0 spiro atoms. The Kier molecular flexibility index (Phi) is 10.7. The van der Waals surface area contributed by atoms with E-state index in [1.807, 2.05) is 48.5 Å². The van der Waals surface area contributed by atoms with Crippen LogP contribution in [-0.2, 0) is 9.84 Å². The van der Waals surface area contributed by atoms with Gasteiger partial charge in [-0.3, -0.25) is 0 Å². The average molecular weight is 707 g/mol. The molecule has 0 aliphatic carbocycles. The molecule has 260 valence electrons.